The number of hydrogen-bond acceptors (Lipinski definition) is 6. The minimum atomic E-state index is -0.342. The molecular weight excluding hydrogens is 368 g/mol. The Morgan fingerprint density at radius 3 is 2.81 bits per heavy atom. The van der Waals surface area contributed by atoms with E-state index in [1.165, 1.54) is 11.8 Å². The summed E-state index contributed by atoms with van der Waals surface area (Å²) < 4.78 is 8.42. The number of anilines is 1. The fourth-order valence-electron chi connectivity index (χ4n) is 2.63. The Balaban J connectivity index is 1.57. The summed E-state index contributed by atoms with van der Waals surface area (Å²) in [6.07, 6.45) is 0. The van der Waals surface area contributed by atoms with E-state index in [0.29, 0.717) is 16.6 Å². The number of rotatable bonds is 5. The molecule has 6 nitrogen and oxygen atoms in total. The first-order valence-electron chi connectivity index (χ1n) is 8.00. The third-order valence-electron chi connectivity index (χ3n) is 3.93. The Morgan fingerprint density at radius 1 is 1.19 bits per heavy atom. The minimum absolute atomic E-state index is 0.115. The average molecular weight is 384 g/mol. The number of ether oxygens (including phenoxy) is 1. The molecule has 132 valence electrons. The number of thioether (sulfide) groups is 1. The molecule has 4 aromatic rings. The fourth-order valence-corrected chi connectivity index (χ4v) is 4.51. The number of thiazole rings is 1. The van der Waals surface area contributed by atoms with Gasteiger partial charge < -0.3 is 10.1 Å². The van der Waals surface area contributed by atoms with Crippen LogP contribution in [0.5, 0.6) is 5.75 Å². The van der Waals surface area contributed by atoms with E-state index >= 15 is 0 Å². The highest BCUT2D eigenvalue weighted by Crippen LogP contribution is 2.31. The molecule has 0 spiro atoms. The van der Waals surface area contributed by atoms with Gasteiger partial charge in [0.1, 0.15) is 5.75 Å². The van der Waals surface area contributed by atoms with Crippen molar-refractivity contribution in [1.82, 2.24) is 14.6 Å². The van der Waals surface area contributed by atoms with Crippen molar-refractivity contribution in [3.05, 3.63) is 48.5 Å². The van der Waals surface area contributed by atoms with Crippen LogP contribution in [-0.2, 0) is 4.79 Å². The molecule has 0 radical (unpaired) electrons. The second-order valence-electron chi connectivity index (χ2n) is 5.62. The number of amides is 1. The van der Waals surface area contributed by atoms with Crippen molar-refractivity contribution in [2.45, 2.75) is 17.3 Å². The molecule has 0 aliphatic carbocycles. The van der Waals surface area contributed by atoms with E-state index in [1.54, 1.807) is 18.4 Å². The van der Waals surface area contributed by atoms with Gasteiger partial charge in [-0.15, -0.1) is 10.2 Å². The molecule has 2 aromatic carbocycles. The van der Waals surface area contributed by atoms with Gasteiger partial charge in [-0.1, -0.05) is 47.4 Å². The standard InChI is InChI=1S/C18H16N4O2S2/c1-11(16(23)19-12-7-3-5-9-14(12)24-2)25-17-20-21-18-22(17)13-8-4-6-10-15(13)26-18/h3-11H,1-2H3,(H,19,23)/t11-/m1/s1. The predicted molar refractivity (Wildman–Crippen MR) is 105 cm³/mol. The number of methoxy groups -OCH3 is 1. The molecule has 0 saturated carbocycles. The Morgan fingerprint density at radius 2 is 1.96 bits per heavy atom. The van der Waals surface area contributed by atoms with E-state index < -0.39 is 0 Å². The SMILES string of the molecule is COc1ccccc1NC(=O)[C@@H](C)Sc1nnc2sc3ccccc3n12. The van der Waals surface area contributed by atoms with Crippen molar-refractivity contribution in [2.24, 2.45) is 0 Å². The Hall–Kier alpha value is -2.58. The largest absolute Gasteiger partial charge is 0.495 e. The second kappa shape index (κ2) is 6.97. The van der Waals surface area contributed by atoms with Gasteiger partial charge in [-0.05, 0) is 31.2 Å². The summed E-state index contributed by atoms with van der Waals surface area (Å²) in [6.45, 7) is 1.85. The summed E-state index contributed by atoms with van der Waals surface area (Å²) in [5, 5.41) is 11.8. The zero-order chi connectivity index (χ0) is 18.1. The molecule has 0 aliphatic heterocycles. The molecule has 2 heterocycles. The number of carbonyl (C=O) groups is 1. The maximum Gasteiger partial charge on any atom is 0.237 e. The third kappa shape index (κ3) is 3.02. The normalized spacial score (nSPS) is 12.4. The molecule has 1 amide bonds. The number of nitrogens with one attached hydrogen (secondary N) is 1. The Kier molecular flexibility index (Phi) is 4.52. The van der Waals surface area contributed by atoms with E-state index in [2.05, 4.69) is 21.6 Å². The highest BCUT2D eigenvalue weighted by molar-refractivity contribution is 8.00. The molecule has 0 unspecified atom stereocenters. The first kappa shape index (κ1) is 16.9. The average Bonchev–Trinajstić information content (AvgIpc) is 3.22. The van der Waals surface area contributed by atoms with Gasteiger partial charge >= 0.3 is 0 Å². The molecule has 2 aromatic heterocycles. The molecule has 0 bridgehead atoms. The monoisotopic (exact) mass is 384 g/mol. The van der Waals surface area contributed by atoms with Crippen LogP contribution in [0.2, 0.25) is 0 Å². The van der Waals surface area contributed by atoms with Crippen LogP contribution in [0.1, 0.15) is 6.92 Å². The zero-order valence-electron chi connectivity index (χ0n) is 14.2. The van der Waals surface area contributed by atoms with Crippen LogP contribution in [0.4, 0.5) is 5.69 Å². The number of carbonyl (C=O) groups excluding carboxylic acids is 1. The minimum Gasteiger partial charge on any atom is -0.495 e. The smallest absolute Gasteiger partial charge is 0.237 e. The van der Waals surface area contributed by atoms with Crippen LogP contribution < -0.4 is 10.1 Å². The van der Waals surface area contributed by atoms with Crippen LogP contribution in [0.15, 0.2) is 53.7 Å². The topological polar surface area (TPSA) is 68.5 Å². The van der Waals surface area contributed by atoms with Crippen molar-refractivity contribution < 1.29 is 9.53 Å². The van der Waals surface area contributed by atoms with E-state index in [0.717, 1.165) is 15.2 Å². The molecule has 1 atom stereocenters. The number of nitrogens with zero attached hydrogens (tertiary/aromatic N) is 3. The highest BCUT2D eigenvalue weighted by atomic mass is 32.2. The van der Waals surface area contributed by atoms with Crippen molar-refractivity contribution in [1.29, 1.82) is 0 Å². The highest BCUT2D eigenvalue weighted by Gasteiger charge is 2.20. The van der Waals surface area contributed by atoms with Crippen molar-refractivity contribution in [3.63, 3.8) is 0 Å². The van der Waals surface area contributed by atoms with Crippen LogP contribution >= 0.6 is 23.1 Å². The third-order valence-corrected chi connectivity index (χ3v) is 5.98. The number of aromatic nitrogens is 3. The van der Waals surface area contributed by atoms with Crippen molar-refractivity contribution >= 4 is 49.9 Å². The summed E-state index contributed by atoms with van der Waals surface area (Å²) in [5.74, 6) is 0.516. The van der Waals surface area contributed by atoms with Crippen LogP contribution in [-0.4, -0.2) is 32.9 Å². The van der Waals surface area contributed by atoms with Gasteiger partial charge in [-0.25, -0.2) is 0 Å². The van der Waals surface area contributed by atoms with Gasteiger partial charge in [0.15, 0.2) is 5.16 Å². The van der Waals surface area contributed by atoms with Crippen LogP contribution in [0, 0.1) is 0 Å². The first-order valence-corrected chi connectivity index (χ1v) is 9.70. The Labute approximate surface area is 158 Å². The maximum absolute atomic E-state index is 12.6. The summed E-state index contributed by atoms with van der Waals surface area (Å²) in [7, 11) is 1.58. The molecular formula is C18H16N4O2S2. The van der Waals surface area contributed by atoms with Crippen LogP contribution in [0.25, 0.3) is 15.2 Å². The lowest BCUT2D eigenvalue weighted by Crippen LogP contribution is -2.23. The number of hydrogen-bond donors (Lipinski definition) is 1. The summed E-state index contributed by atoms with van der Waals surface area (Å²) >= 11 is 2.97. The lowest BCUT2D eigenvalue weighted by atomic mass is 10.3. The van der Waals surface area contributed by atoms with Gasteiger partial charge in [0.05, 0.1) is 28.3 Å². The Bertz CT molecular complexity index is 1090. The van der Waals surface area contributed by atoms with Gasteiger partial charge in [-0.2, -0.15) is 0 Å². The van der Waals surface area contributed by atoms with E-state index in [4.69, 9.17) is 4.74 Å². The molecule has 8 heteroatoms. The maximum atomic E-state index is 12.6. The summed E-state index contributed by atoms with van der Waals surface area (Å²) in [5.41, 5.74) is 1.71. The lowest BCUT2D eigenvalue weighted by molar-refractivity contribution is -0.115. The molecule has 26 heavy (non-hydrogen) atoms. The second-order valence-corrected chi connectivity index (χ2v) is 7.94. The lowest BCUT2D eigenvalue weighted by Gasteiger charge is -2.13. The molecule has 0 aliphatic rings. The molecule has 0 saturated heterocycles. The van der Waals surface area contributed by atoms with E-state index in [9.17, 15) is 4.79 Å². The fraction of sp³-hybridized carbons (Fsp3) is 0.167. The van der Waals surface area contributed by atoms with E-state index in [-0.39, 0.29) is 11.2 Å². The van der Waals surface area contributed by atoms with Gasteiger partial charge in [0.2, 0.25) is 10.9 Å². The molecule has 4 rings (SSSR count). The predicted octanol–water partition coefficient (Wildman–Crippen LogP) is 4.07. The molecule has 0 fully saturated rings. The number of para-hydroxylation sites is 3. The van der Waals surface area contributed by atoms with Crippen molar-refractivity contribution in [2.75, 3.05) is 12.4 Å². The quantitative estimate of drug-likeness (QED) is 0.525. The molecule has 1 N–H and O–H groups in total. The van der Waals surface area contributed by atoms with Gasteiger partial charge in [-0.3, -0.25) is 9.20 Å². The number of benzene rings is 2. The van der Waals surface area contributed by atoms with Gasteiger partial charge in [0.25, 0.3) is 0 Å². The first-order chi connectivity index (χ1) is 12.7. The zero-order valence-corrected chi connectivity index (χ0v) is 15.8. The summed E-state index contributed by atoms with van der Waals surface area (Å²) in [4.78, 5) is 13.4. The van der Waals surface area contributed by atoms with Crippen LogP contribution in [0.3, 0.4) is 0 Å². The summed E-state index contributed by atoms with van der Waals surface area (Å²) in [6, 6.07) is 15.4. The van der Waals surface area contributed by atoms with Crippen molar-refractivity contribution in [3.8, 4) is 5.75 Å². The number of fused-ring (bicyclic) bond motifs is 3. The van der Waals surface area contributed by atoms with E-state index in [1.807, 2.05) is 53.8 Å². The van der Waals surface area contributed by atoms with Gasteiger partial charge in [0, 0.05) is 0 Å².